The number of nitrogens with zero attached hydrogens (tertiary/aromatic N) is 1. The third kappa shape index (κ3) is 5.03. The SMILES string of the molecule is CCC(CSC)N(C)CC(C)(C)C(C)=O. The number of ketones is 1. The normalized spacial score (nSPS) is 14.3. The molecule has 2 nitrogen and oxygen atoms in total. The van der Waals surface area contributed by atoms with E-state index in [0.29, 0.717) is 6.04 Å². The van der Waals surface area contributed by atoms with Gasteiger partial charge in [-0.3, -0.25) is 4.79 Å². The van der Waals surface area contributed by atoms with Crippen molar-refractivity contribution < 1.29 is 4.79 Å². The fraction of sp³-hybridized carbons (Fsp3) is 0.917. The standard InChI is InChI=1S/C12H25NOS/c1-7-11(8-15-6)13(5)9-12(3,4)10(2)14/h11H,7-9H2,1-6H3. The number of carbonyl (C=O) groups excluding carboxylic acids is 1. The summed E-state index contributed by atoms with van der Waals surface area (Å²) in [4.78, 5) is 13.8. The van der Waals surface area contributed by atoms with Gasteiger partial charge in [-0.2, -0.15) is 11.8 Å². The molecule has 0 aliphatic heterocycles. The number of hydrogen-bond acceptors (Lipinski definition) is 3. The van der Waals surface area contributed by atoms with Crippen LogP contribution in [-0.2, 0) is 4.79 Å². The third-order valence-electron chi connectivity index (χ3n) is 3.05. The number of rotatable bonds is 7. The molecule has 0 rings (SSSR count). The maximum Gasteiger partial charge on any atom is 0.136 e. The first-order chi connectivity index (χ1) is 6.85. The second kappa shape index (κ2) is 6.54. The van der Waals surface area contributed by atoms with Gasteiger partial charge in [0.15, 0.2) is 0 Å². The average molecular weight is 231 g/mol. The largest absolute Gasteiger partial charge is 0.302 e. The van der Waals surface area contributed by atoms with Gasteiger partial charge in [0.2, 0.25) is 0 Å². The van der Waals surface area contributed by atoms with Crippen LogP contribution in [0.15, 0.2) is 0 Å². The number of Topliss-reactive ketones (excluding diaryl/α,β-unsaturated/α-hetero) is 1. The Hall–Kier alpha value is -0.0200. The summed E-state index contributed by atoms with van der Waals surface area (Å²) in [6.07, 6.45) is 3.28. The van der Waals surface area contributed by atoms with Crippen molar-refractivity contribution in [2.75, 3.05) is 25.6 Å². The third-order valence-corrected chi connectivity index (χ3v) is 3.77. The van der Waals surface area contributed by atoms with E-state index in [1.807, 2.05) is 25.6 Å². The molecule has 1 atom stereocenters. The van der Waals surface area contributed by atoms with E-state index in [2.05, 4.69) is 25.1 Å². The summed E-state index contributed by atoms with van der Waals surface area (Å²) in [7, 11) is 2.12. The van der Waals surface area contributed by atoms with Crippen molar-refractivity contribution in [2.45, 2.75) is 40.2 Å². The Morgan fingerprint density at radius 3 is 2.33 bits per heavy atom. The van der Waals surface area contributed by atoms with Gasteiger partial charge in [-0.25, -0.2) is 0 Å². The molecule has 0 saturated heterocycles. The van der Waals surface area contributed by atoms with Gasteiger partial charge in [0.1, 0.15) is 5.78 Å². The first-order valence-corrected chi connectivity index (χ1v) is 6.94. The smallest absolute Gasteiger partial charge is 0.136 e. The molecule has 0 N–H and O–H groups in total. The van der Waals surface area contributed by atoms with Crippen LogP contribution in [-0.4, -0.2) is 42.3 Å². The van der Waals surface area contributed by atoms with E-state index in [4.69, 9.17) is 0 Å². The average Bonchev–Trinajstić information content (AvgIpc) is 2.12. The predicted octanol–water partition coefficient (Wildman–Crippen LogP) is 2.68. The molecular formula is C12H25NOS. The molecule has 0 amide bonds. The van der Waals surface area contributed by atoms with Crippen LogP contribution in [0.1, 0.15) is 34.1 Å². The Bertz CT molecular complexity index is 204. The molecule has 1 unspecified atom stereocenters. The van der Waals surface area contributed by atoms with Gasteiger partial charge in [0.05, 0.1) is 0 Å². The molecule has 0 aromatic rings. The minimum absolute atomic E-state index is 0.222. The fourth-order valence-corrected chi connectivity index (χ4v) is 2.49. The van der Waals surface area contributed by atoms with Gasteiger partial charge < -0.3 is 4.90 Å². The lowest BCUT2D eigenvalue weighted by Gasteiger charge is -2.33. The zero-order chi connectivity index (χ0) is 12.1. The number of carbonyl (C=O) groups is 1. The van der Waals surface area contributed by atoms with Gasteiger partial charge in [-0.15, -0.1) is 0 Å². The highest BCUT2D eigenvalue weighted by Gasteiger charge is 2.27. The minimum atomic E-state index is -0.222. The molecule has 0 bridgehead atoms. The monoisotopic (exact) mass is 231 g/mol. The van der Waals surface area contributed by atoms with Crippen molar-refractivity contribution in [1.82, 2.24) is 4.90 Å². The molecule has 0 heterocycles. The molecule has 0 fully saturated rings. The van der Waals surface area contributed by atoms with E-state index in [1.165, 1.54) is 0 Å². The van der Waals surface area contributed by atoms with Crippen molar-refractivity contribution in [3.63, 3.8) is 0 Å². The number of hydrogen-bond donors (Lipinski definition) is 0. The Labute approximate surface area is 98.8 Å². The highest BCUT2D eigenvalue weighted by Crippen LogP contribution is 2.20. The van der Waals surface area contributed by atoms with E-state index in [-0.39, 0.29) is 11.2 Å². The summed E-state index contributed by atoms with van der Waals surface area (Å²) >= 11 is 1.87. The van der Waals surface area contributed by atoms with E-state index in [1.54, 1.807) is 6.92 Å². The molecule has 0 aromatic carbocycles. The Morgan fingerprint density at radius 1 is 1.47 bits per heavy atom. The minimum Gasteiger partial charge on any atom is -0.302 e. The van der Waals surface area contributed by atoms with Gasteiger partial charge in [0.25, 0.3) is 0 Å². The highest BCUT2D eigenvalue weighted by atomic mass is 32.2. The zero-order valence-corrected chi connectivity index (χ0v) is 11.8. The summed E-state index contributed by atoms with van der Waals surface area (Å²) in [6, 6.07) is 0.582. The first-order valence-electron chi connectivity index (χ1n) is 5.55. The predicted molar refractivity (Wildman–Crippen MR) is 69.6 cm³/mol. The maximum absolute atomic E-state index is 11.4. The molecule has 0 spiro atoms. The second-order valence-electron chi connectivity index (χ2n) is 4.87. The van der Waals surface area contributed by atoms with Crippen LogP contribution in [0, 0.1) is 5.41 Å². The van der Waals surface area contributed by atoms with Crippen molar-refractivity contribution in [1.29, 1.82) is 0 Å². The summed E-state index contributed by atoms with van der Waals surface area (Å²) in [5, 5.41) is 0. The fourth-order valence-electron chi connectivity index (χ4n) is 1.61. The van der Waals surface area contributed by atoms with E-state index < -0.39 is 0 Å². The Balaban J connectivity index is 4.32. The van der Waals surface area contributed by atoms with Gasteiger partial charge in [-0.05, 0) is 26.6 Å². The van der Waals surface area contributed by atoms with Crippen LogP contribution in [0.2, 0.25) is 0 Å². The van der Waals surface area contributed by atoms with Crippen molar-refractivity contribution in [2.24, 2.45) is 5.41 Å². The van der Waals surface area contributed by atoms with E-state index in [0.717, 1.165) is 18.7 Å². The highest BCUT2D eigenvalue weighted by molar-refractivity contribution is 7.98. The van der Waals surface area contributed by atoms with Crippen LogP contribution in [0.3, 0.4) is 0 Å². The summed E-state index contributed by atoms with van der Waals surface area (Å²) in [5.41, 5.74) is -0.222. The summed E-state index contributed by atoms with van der Waals surface area (Å²) in [5.74, 6) is 1.41. The van der Waals surface area contributed by atoms with E-state index in [9.17, 15) is 4.79 Å². The topological polar surface area (TPSA) is 20.3 Å². The van der Waals surface area contributed by atoms with Crippen molar-refractivity contribution >= 4 is 17.5 Å². The number of thioether (sulfide) groups is 1. The van der Waals surface area contributed by atoms with Crippen molar-refractivity contribution in [3.05, 3.63) is 0 Å². The Kier molecular flexibility index (Phi) is 6.53. The molecule has 0 saturated carbocycles. The lowest BCUT2D eigenvalue weighted by Crippen LogP contribution is -2.42. The van der Waals surface area contributed by atoms with Gasteiger partial charge in [-0.1, -0.05) is 20.8 Å². The van der Waals surface area contributed by atoms with Crippen LogP contribution >= 0.6 is 11.8 Å². The molecule has 0 aromatic heterocycles. The van der Waals surface area contributed by atoms with Gasteiger partial charge >= 0.3 is 0 Å². The molecule has 0 aliphatic carbocycles. The summed E-state index contributed by atoms with van der Waals surface area (Å²) in [6.45, 7) is 8.79. The molecule has 90 valence electrons. The lowest BCUT2D eigenvalue weighted by atomic mass is 9.88. The molecular weight excluding hydrogens is 206 g/mol. The quantitative estimate of drug-likeness (QED) is 0.672. The van der Waals surface area contributed by atoms with Crippen LogP contribution < -0.4 is 0 Å². The molecule has 0 radical (unpaired) electrons. The maximum atomic E-state index is 11.4. The molecule has 15 heavy (non-hydrogen) atoms. The second-order valence-corrected chi connectivity index (χ2v) is 5.78. The zero-order valence-electron chi connectivity index (χ0n) is 11.0. The van der Waals surface area contributed by atoms with E-state index >= 15 is 0 Å². The summed E-state index contributed by atoms with van der Waals surface area (Å²) < 4.78 is 0. The molecule has 0 aliphatic rings. The van der Waals surface area contributed by atoms with Crippen molar-refractivity contribution in [3.8, 4) is 0 Å². The molecule has 3 heteroatoms. The Morgan fingerprint density at radius 2 is 2.00 bits per heavy atom. The van der Waals surface area contributed by atoms with Crippen LogP contribution in [0.4, 0.5) is 0 Å². The van der Waals surface area contributed by atoms with Crippen LogP contribution in [0.25, 0.3) is 0 Å². The van der Waals surface area contributed by atoms with Crippen LogP contribution in [0.5, 0.6) is 0 Å². The van der Waals surface area contributed by atoms with Gasteiger partial charge in [0, 0.05) is 23.8 Å². The first kappa shape index (κ1) is 15.0. The lowest BCUT2D eigenvalue weighted by molar-refractivity contribution is -0.125.